The highest BCUT2D eigenvalue weighted by Gasteiger charge is 2.13. The number of carbonyl (C=O) groups is 1. The van der Waals surface area contributed by atoms with Crippen molar-refractivity contribution < 1.29 is 9.90 Å². The molecule has 15 heavy (non-hydrogen) atoms. The van der Waals surface area contributed by atoms with Crippen LogP contribution in [0, 0.1) is 0 Å². The van der Waals surface area contributed by atoms with E-state index in [1.165, 1.54) is 0 Å². The molecule has 1 unspecified atom stereocenters. The number of likely N-dealkylation sites (N-methyl/N-ethyl adjacent to an activating group) is 1. The van der Waals surface area contributed by atoms with Crippen LogP contribution in [0.2, 0.25) is 0 Å². The van der Waals surface area contributed by atoms with E-state index >= 15 is 0 Å². The minimum Gasteiger partial charge on any atom is -0.480 e. The lowest BCUT2D eigenvalue weighted by Crippen LogP contribution is -2.39. The van der Waals surface area contributed by atoms with Gasteiger partial charge in [-0.3, -0.25) is 4.79 Å². The highest BCUT2D eigenvalue weighted by atomic mass is 79.9. The number of nitrogens with one attached hydrogen (secondary N) is 2. The van der Waals surface area contributed by atoms with Gasteiger partial charge in [-0.2, -0.15) is 0 Å². The molecule has 0 aromatic heterocycles. The Bertz CT molecular complexity index is 344. The average Bonchev–Trinajstić information content (AvgIpc) is 2.18. The van der Waals surface area contributed by atoms with Crippen molar-refractivity contribution in [3.63, 3.8) is 0 Å². The van der Waals surface area contributed by atoms with Crippen LogP contribution in [0.1, 0.15) is 0 Å². The zero-order chi connectivity index (χ0) is 11.3. The molecule has 0 spiro atoms. The lowest BCUT2D eigenvalue weighted by molar-refractivity contribution is -0.138. The molecular weight excluding hydrogens is 260 g/mol. The van der Waals surface area contributed by atoms with Crippen LogP contribution < -0.4 is 10.6 Å². The van der Waals surface area contributed by atoms with Crippen LogP contribution in [0.5, 0.6) is 0 Å². The van der Waals surface area contributed by atoms with E-state index in [0.717, 1.165) is 10.2 Å². The van der Waals surface area contributed by atoms with Crippen molar-refractivity contribution in [3.8, 4) is 0 Å². The van der Waals surface area contributed by atoms with Gasteiger partial charge >= 0.3 is 5.97 Å². The third-order valence-electron chi connectivity index (χ3n) is 1.98. The van der Waals surface area contributed by atoms with Crippen molar-refractivity contribution in [1.82, 2.24) is 5.32 Å². The van der Waals surface area contributed by atoms with Gasteiger partial charge < -0.3 is 15.7 Å². The molecule has 1 atom stereocenters. The maximum atomic E-state index is 10.7. The molecule has 0 bridgehead atoms. The second-order valence-corrected chi connectivity index (χ2v) is 3.99. The summed E-state index contributed by atoms with van der Waals surface area (Å²) in [5.74, 6) is -0.861. The van der Waals surface area contributed by atoms with Gasteiger partial charge in [-0.1, -0.05) is 22.0 Å². The quantitative estimate of drug-likeness (QED) is 0.761. The predicted octanol–water partition coefficient (Wildman–Crippen LogP) is 1.53. The Morgan fingerprint density at radius 2 is 2.33 bits per heavy atom. The molecule has 1 aromatic carbocycles. The summed E-state index contributed by atoms with van der Waals surface area (Å²) in [6.45, 7) is 0.349. The van der Waals surface area contributed by atoms with Gasteiger partial charge in [-0.05, 0) is 25.2 Å². The summed E-state index contributed by atoms with van der Waals surface area (Å²) < 4.78 is 0.962. The number of rotatable bonds is 5. The Morgan fingerprint density at radius 1 is 1.60 bits per heavy atom. The molecule has 4 nitrogen and oxygen atoms in total. The van der Waals surface area contributed by atoms with E-state index in [1.807, 2.05) is 24.3 Å². The maximum absolute atomic E-state index is 10.7. The minimum atomic E-state index is -0.861. The van der Waals surface area contributed by atoms with Gasteiger partial charge in [0.15, 0.2) is 0 Å². The zero-order valence-electron chi connectivity index (χ0n) is 8.33. The molecule has 0 aliphatic heterocycles. The smallest absolute Gasteiger partial charge is 0.322 e. The number of carboxylic acids is 1. The number of hydrogen-bond donors (Lipinski definition) is 3. The predicted molar refractivity (Wildman–Crippen MR) is 63.1 cm³/mol. The van der Waals surface area contributed by atoms with E-state index in [0.29, 0.717) is 6.54 Å². The van der Waals surface area contributed by atoms with Gasteiger partial charge in [-0.15, -0.1) is 0 Å². The third-order valence-corrected chi connectivity index (χ3v) is 2.47. The number of hydrogen-bond acceptors (Lipinski definition) is 3. The first-order valence-corrected chi connectivity index (χ1v) is 5.32. The van der Waals surface area contributed by atoms with E-state index in [1.54, 1.807) is 7.05 Å². The van der Waals surface area contributed by atoms with E-state index < -0.39 is 12.0 Å². The second kappa shape index (κ2) is 5.72. The number of benzene rings is 1. The van der Waals surface area contributed by atoms with Crippen LogP contribution >= 0.6 is 15.9 Å². The Morgan fingerprint density at radius 3 is 2.87 bits per heavy atom. The van der Waals surface area contributed by atoms with Crippen LogP contribution in [0.4, 0.5) is 5.69 Å². The highest BCUT2D eigenvalue weighted by molar-refractivity contribution is 9.10. The number of carboxylic acid groups (broad SMARTS) is 1. The van der Waals surface area contributed by atoms with Crippen LogP contribution in [-0.2, 0) is 4.79 Å². The van der Waals surface area contributed by atoms with Crippen LogP contribution in [0.15, 0.2) is 28.7 Å². The fourth-order valence-electron chi connectivity index (χ4n) is 1.13. The fraction of sp³-hybridized carbons (Fsp3) is 0.300. The topological polar surface area (TPSA) is 61.4 Å². The molecule has 82 valence electrons. The Hall–Kier alpha value is -1.07. The summed E-state index contributed by atoms with van der Waals surface area (Å²) in [5, 5.41) is 14.6. The summed E-state index contributed by atoms with van der Waals surface area (Å²) >= 11 is 3.34. The first-order chi connectivity index (χ1) is 7.13. The van der Waals surface area contributed by atoms with Crippen LogP contribution in [-0.4, -0.2) is 30.7 Å². The molecule has 0 heterocycles. The van der Waals surface area contributed by atoms with Gasteiger partial charge in [0.2, 0.25) is 0 Å². The van der Waals surface area contributed by atoms with Crippen molar-refractivity contribution in [3.05, 3.63) is 28.7 Å². The standard InChI is InChI=1S/C10H13BrN2O2/c1-12-9(10(14)15)6-13-8-4-2-3-7(11)5-8/h2-5,9,12-13H,6H2,1H3,(H,14,15). The Kier molecular flexibility index (Phi) is 4.58. The number of halogens is 1. The number of aliphatic carboxylic acids is 1. The van der Waals surface area contributed by atoms with Crippen molar-refractivity contribution in [2.45, 2.75) is 6.04 Å². The van der Waals surface area contributed by atoms with E-state index in [4.69, 9.17) is 5.11 Å². The molecule has 0 saturated heterocycles. The lowest BCUT2D eigenvalue weighted by Gasteiger charge is -2.13. The van der Waals surface area contributed by atoms with E-state index in [-0.39, 0.29) is 0 Å². The largest absolute Gasteiger partial charge is 0.480 e. The zero-order valence-corrected chi connectivity index (χ0v) is 9.91. The van der Waals surface area contributed by atoms with E-state index in [9.17, 15) is 4.79 Å². The molecule has 1 rings (SSSR count). The molecule has 1 aromatic rings. The molecule has 5 heteroatoms. The van der Waals surface area contributed by atoms with Gasteiger partial charge in [0.05, 0.1) is 0 Å². The molecule has 3 N–H and O–H groups in total. The van der Waals surface area contributed by atoms with E-state index in [2.05, 4.69) is 26.6 Å². The summed E-state index contributed by atoms with van der Waals surface area (Å²) in [6.07, 6.45) is 0. The number of anilines is 1. The van der Waals surface area contributed by atoms with Crippen LogP contribution in [0.3, 0.4) is 0 Å². The van der Waals surface area contributed by atoms with Gasteiger partial charge in [0, 0.05) is 16.7 Å². The lowest BCUT2D eigenvalue weighted by atomic mass is 10.2. The molecule has 0 aliphatic carbocycles. The average molecular weight is 273 g/mol. The Balaban J connectivity index is 2.52. The third kappa shape index (κ3) is 3.89. The summed E-state index contributed by atoms with van der Waals surface area (Å²) in [5.41, 5.74) is 0.894. The van der Waals surface area contributed by atoms with Gasteiger partial charge in [-0.25, -0.2) is 0 Å². The fourth-order valence-corrected chi connectivity index (χ4v) is 1.53. The first-order valence-electron chi connectivity index (χ1n) is 4.53. The normalized spacial score (nSPS) is 12.1. The molecule has 0 fully saturated rings. The Labute approximate surface area is 96.8 Å². The van der Waals surface area contributed by atoms with Crippen LogP contribution in [0.25, 0.3) is 0 Å². The summed E-state index contributed by atoms with van der Waals surface area (Å²) in [6, 6.07) is 7.01. The van der Waals surface area contributed by atoms with Crippen molar-refractivity contribution in [2.24, 2.45) is 0 Å². The van der Waals surface area contributed by atoms with Crippen molar-refractivity contribution in [2.75, 3.05) is 18.9 Å². The molecule has 0 radical (unpaired) electrons. The van der Waals surface area contributed by atoms with Gasteiger partial charge in [0.25, 0.3) is 0 Å². The molecule has 0 aliphatic rings. The highest BCUT2D eigenvalue weighted by Crippen LogP contribution is 2.15. The molecular formula is C10H13BrN2O2. The summed E-state index contributed by atoms with van der Waals surface area (Å²) in [4.78, 5) is 10.7. The molecule has 0 saturated carbocycles. The monoisotopic (exact) mass is 272 g/mol. The van der Waals surface area contributed by atoms with Gasteiger partial charge in [0.1, 0.15) is 6.04 Å². The van der Waals surface area contributed by atoms with Crippen molar-refractivity contribution in [1.29, 1.82) is 0 Å². The maximum Gasteiger partial charge on any atom is 0.322 e. The second-order valence-electron chi connectivity index (χ2n) is 3.07. The first kappa shape index (κ1) is 12.0. The SMILES string of the molecule is CNC(CNc1cccc(Br)c1)C(=O)O. The summed E-state index contributed by atoms with van der Waals surface area (Å²) in [7, 11) is 1.63. The minimum absolute atomic E-state index is 0.349. The van der Waals surface area contributed by atoms with Crippen molar-refractivity contribution >= 4 is 27.6 Å². The molecule has 0 amide bonds.